The maximum absolute atomic E-state index is 14.4. The zero-order chi connectivity index (χ0) is 41.2. The minimum absolute atomic E-state index is 0.140. The van der Waals surface area contributed by atoms with E-state index in [2.05, 4.69) is 21.3 Å². The van der Waals surface area contributed by atoms with Crippen molar-refractivity contribution in [1.82, 2.24) is 31.1 Å². The van der Waals surface area contributed by atoms with Crippen molar-refractivity contribution in [2.45, 2.75) is 153 Å². The highest BCUT2D eigenvalue weighted by molar-refractivity contribution is 5.94. The fraction of sp³-hybridized carbons (Fsp3) is 0.707. The number of aliphatic hydroxyl groups excluding tert-OH is 1. The number of hydrogen-bond acceptors (Lipinski definition) is 9. The molecule has 6 amide bonds. The zero-order valence-electron chi connectivity index (χ0n) is 34.2. The third-order valence-electron chi connectivity index (χ3n) is 10.6. The average molecular weight is 785 g/mol. The molecule has 1 aromatic carbocycles. The summed E-state index contributed by atoms with van der Waals surface area (Å²) in [5.74, 6) is -3.18. The Hall–Kier alpha value is -4.24. The van der Waals surface area contributed by atoms with Crippen molar-refractivity contribution in [3.05, 3.63) is 35.9 Å². The molecular formula is C41H64N6O9. The maximum Gasteiger partial charge on any atom is 0.408 e. The Bertz CT molecular complexity index is 1530. The van der Waals surface area contributed by atoms with Crippen LogP contribution >= 0.6 is 0 Å². The monoisotopic (exact) mass is 784 g/mol. The fourth-order valence-electron chi connectivity index (χ4n) is 7.95. The lowest BCUT2D eigenvalue weighted by molar-refractivity contribution is -0.143. The summed E-state index contributed by atoms with van der Waals surface area (Å²) >= 11 is 0. The van der Waals surface area contributed by atoms with Crippen molar-refractivity contribution in [2.24, 2.45) is 5.92 Å². The highest BCUT2D eigenvalue weighted by atomic mass is 16.6. The number of ether oxygens (including phenoxy) is 2. The van der Waals surface area contributed by atoms with Gasteiger partial charge in [0.05, 0.1) is 24.3 Å². The first-order chi connectivity index (χ1) is 26.4. The predicted octanol–water partition coefficient (Wildman–Crippen LogP) is 3.10. The van der Waals surface area contributed by atoms with Gasteiger partial charge in [0, 0.05) is 26.6 Å². The van der Waals surface area contributed by atoms with Gasteiger partial charge in [0.2, 0.25) is 23.6 Å². The van der Waals surface area contributed by atoms with Crippen LogP contribution in [0.4, 0.5) is 4.79 Å². The van der Waals surface area contributed by atoms with Crippen molar-refractivity contribution >= 4 is 35.6 Å². The molecule has 0 saturated carbocycles. The molecule has 3 aliphatic heterocycles. The van der Waals surface area contributed by atoms with Crippen LogP contribution in [0, 0.1) is 5.92 Å². The minimum atomic E-state index is -1.72. The average Bonchev–Trinajstić information content (AvgIpc) is 3.62. The smallest absolute Gasteiger partial charge is 0.408 e. The number of rotatable bonds is 8. The third kappa shape index (κ3) is 12.6. The molecule has 1 aromatic rings. The summed E-state index contributed by atoms with van der Waals surface area (Å²) < 4.78 is 11.8. The molecule has 0 radical (unpaired) electrons. The van der Waals surface area contributed by atoms with Crippen LogP contribution in [0.25, 0.3) is 0 Å². The summed E-state index contributed by atoms with van der Waals surface area (Å²) in [7, 11) is 3.16. The Balaban J connectivity index is 1.53. The molecule has 3 aliphatic rings. The molecule has 0 spiro atoms. The summed E-state index contributed by atoms with van der Waals surface area (Å²) in [6, 6.07) is 4.79. The molecule has 0 aromatic heterocycles. The van der Waals surface area contributed by atoms with Crippen LogP contribution in [0.1, 0.15) is 117 Å². The quantitative estimate of drug-likeness (QED) is 0.263. The molecular weight excluding hydrogens is 720 g/mol. The molecule has 7 atom stereocenters. The number of benzene rings is 1. The maximum atomic E-state index is 14.4. The lowest BCUT2D eigenvalue weighted by Gasteiger charge is -2.33. The molecule has 3 fully saturated rings. The summed E-state index contributed by atoms with van der Waals surface area (Å²) in [6.45, 7) is 8.72. The second-order valence-corrected chi connectivity index (χ2v) is 17.2. The van der Waals surface area contributed by atoms with E-state index in [1.165, 1.54) is 9.80 Å². The Morgan fingerprint density at radius 1 is 0.982 bits per heavy atom. The van der Waals surface area contributed by atoms with E-state index in [4.69, 9.17) is 9.47 Å². The van der Waals surface area contributed by atoms with Crippen LogP contribution in [0.5, 0.6) is 0 Å². The van der Waals surface area contributed by atoms with E-state index in [1.807, 2.05) is 13.8 Å². The highest BCUT2D eigenvalue weighted by Crippen LogP contribution is 2.43. The van der Waals surface area contributed by atoms with Crippen LogP contribution in [0.3, 0.4) is 0 Å². The SMILES string of the molecule is CN(C)C(=O)[C@@H](NC(=O)CNC(=O)C(O)[C@@H]1CCCCCCCCCC[C@H](NC(=O)OC(C)(C)C)C(=O)N2C[C@@H]3OC(C)(C)C[C@@H]3[C@H]2C(=O)N1)c1ccccc1. The number of likely N-dealkylation sites (N-methyl/N-ethyl adjacent to an activating group) is 1. The van der Waals surface area contributed by atoms with Crippen molar-refractivity contribution in [1.29, 1.82) is 0 Å². The highest BCUT2D eigenvalue weighted by Gasteiger charge is 2.56. The molecule has 312 valence electrons. The number of carbonyl (C=O) groups is 6. The van der Waals surface area contributed by atoms with Crippen LogP contribution < -0.4 is 21.3 Å². The Labute approximate surface area is 331 Å². The minimum Gasteiger partial charge on any atom is -0.444 e. The van der Waals surface area contributed by atoms with Gasteiger partial charge in [-0.3, -0.25) is 24.0 Å². The molecule has 1 unspecified atom stereocenters. The number of hydrogen-bond donors (Lipinski definition) is 5. The summed E-state index contributed by atoms with van der Waals surface area (Å²) in [4.78, 5) is 84.0. The van der Waals surface area contributed by atoms with Crippen LogP contribution in [0.2, 0.25) is 0 Å². The van der Waals surface area contributed by atoms with Crippen molar-refractivity contribution < 1.29 is 43.3 Å². The second kappa shape index (κ2) is 19.8. The number of nitrogens with one attached hydrogen (secondary N) is 4. The number of carbonyl (C=O) groups excluding carboxylic acids is 6. The molecule has 15 heteroatoms. The first-order valence-electron chi connectivity index (χ1n) is 20.2. The number of alkyl carbamates (subject to hydrolysis) is 1. The van der Waals surface area contributed by atoms with Gasteiger partial charge in [0.1, 0.15) is 23.7 Å². The van der Waals surface area contributed by atoms with Crippen LogP contribution in [-0.4, -0.2) is 119 Å². The molecule has 3 heterocycles. The van der Waals surface area contributed by atoms with E-state index in [1.54, 1.807) is 65.2 Å². The first-order valence-corrected chi connectivity index (χ1v) is 20.2. The fourth-order valence-corrected chi connectivity index (χ4v) is 7.95. The van der Waals surface area contributed by atoms with Gasteiger partial charge in [-0.1, -0.05) is 81.7 Å². The Morgan fingerprint density at radius 2 is 1.59 bits per heavy atom. The molecule has 3 saturated heterocycles. The Kier molecular flexibility index (Phi) is 15.7. The summed E-state index contributed by atoms with van der Waals surface area (Å²) in [5, 5.41) is 22.3. The molecule has 56 heavy (non-hydrogen) atoms. The molecule has 0 aliphatic carbocycles. The van der Waals surface area contributed by atoms with E-state index in [0.29, 0.717) is 31.2 Å². The zero-order valence-corrected chi connectivity index (χ0v) is 34.2. The lowest BCUT2D eigenvalue weighted by atomic mass is 9.89. The van der Waals surface area contributed by atoms with E-state index < -0.39 is 83.8 Å². The second-order valence-electron chi connectivity index (χ2n) is 17.2. The van der Waals surface area contributed by atoms with E-state index in [0.717, 1.165) is 38.5 Å². The van der Waals surface area contributed by atoms with Gasteiger partial charge in [-0.2, -0.15) is 0 Å². The Morgan fingerprint density at radius 3 is 2.20 bits per heavy atom. The summed E-state index contributed by atoms with van der Waals surface area (Å²) in [5.41, 5.74) is -0.749. The third-order valence-corrected chi connectivity index (χ3v) is 10.6. The van der Waals surface area contributed by atoms with Crippen molar-refractivity contribution in [3.8, 4) is 0 Å². The molecule has 4 rings (SSSR count). The topological polar surface area (TPSA) is 196 Å². The van der Waals surface area contributed by atoms with E-state index in [9.17, 15) is 33.9 Å². The number of nitrogens with zero attached hydrogens (tertiary/aromatic N) is 2. The summed E-state index contributed by atoms with van der Waals surface area (Å²) in [6.07, 6.45) is 5.20. The van der Waals surface area contributed by atoms with Gasteiger partial charge >= 0.3 is 6.09 Å². The van der Waals surface area contributed by atoms with Gasteiger partial charge in [0.25, 0.3) is 5.91 Å². The van der Waals surface area contributed by atoms with E-state index in [-0.39, 0.29) is 24.8 Å². The molecule has 0 bridgehead atoms. The first kappa shape index (κ1) is 44.5. The standard InChI is InChI=1S/C41H64N6O9/c1-40(2,3)56-39(54)44-29-22-18-13-11-9-8-10-12-17-21-28(43-35(50)33-27-23-41(4,5)55-30(27)25-47(33)37(29)52)34(49)36(51)42-24-31(48)45-32(38(53)46(6)7)26-19-15-14-16-20-26/h14-16,19-20,27-30,32-34,49H,8-13,17-18,21-25H2,1-7H3,(H,42,51)(H,43,50)(H,44,54)(H,45,48)/t27-,28-,29-,30-,32-,33-,34?/m0/s1. The van der Waals surface area contributed by atoms with Gasteiger partial charge < -0.3 is 45.6 Å². The predicted molar refractivity (Wildman–Crippen MR) is 209 cm³/mol. The van der Waals surface area contributed by atoms with Crippen LogP contribution in [-0.2, 0) is 33.4 Å². The van der Waals surface area contributed by atoms with Gasteiger partial charge in [-0.25, -0.2) is 4.79 Å². The molecule has 15 nitrogen and oxygen atoms in total. The largest absolute Gasteiger partial charge is 0.444 e. The van der Waals surface area contributed by atoms with E-state index >= 15 is 0 Å². The van der Waals surface area contributed by atoms with Crippen LogP contribution in [0.15, 0.2) is 30.3 Å². The number of aliphatic hydroxyl groups is 1. The number of amides is 6. The normalized spacial score (nSPS) is 26.0. The lowest BCUT2D eigenvalue weighted by Crippen LogP contribution is -2.59. The van der Waals surface area contributed by atoms with Crippen molar-refractivity contribution in [3.63, 3.8) is 0 Å². The van der Waals surface area contributed by atoms with Gasteiger partial charge in [0.15, 0.2) is 6.10 Å². The van der Waals surface area contributed by atoms with Crippen molar-refractivity contribution in [2.75, 3.05) is 27.2 Å². The van der Waals surface area contributed by atoms with Gasteiger partial charge in [-0.15, -0.1) is 0 Å². The number of fused-ring (bicyclic) bond motifs is 3. The molecule has 5 N–H and O–H groups in total. The van der Waals surface area contributed by atoms with Gasteiger partial charge in [-0.05, 0) is 59.4 Å².